The maximum atomic E-state index is 12.2. The molecule has 1 fully saturated rings. The Labute approximate surface area is 153 Å². The van der Waals surface area contributed by atoms with Crippen LogP contribution < -0.4 is 5.32 Å². The van der Waals surface area contributed by atoms with Crippen molar-refractivity contribution in [3.8, 4) is 0 Å². The molecule has 26 heavy (non-hydrogen) atoms. The number of halogens is 3. The van der Waals surface area contributed by atoms with E-state index in [4.69, 9.17) is 14.0 Å². The van der Waals surface area contributed by atoms with Crippen molar-refractivity contribution < 1.29 is 36.7 Å². The number of ether oxygens (including phenoxy) is 2. The first-order chi connectivity index (χ1) is 11.5. The number of nitrogens with one attached hydrogen (secondary N) is 1. The van der Waals surface area contributed by atoms with E-state index >= 15 is 0 Å². The van der Waals surface area contributed by atoms with Gasteiger partial charge in [0.15, 0.2) is 0 Å². The van der Waals surface area contributed by atoms with Crippen molar-refractivity contribution in [3.63, 3.8) is 0 Å². The Kier molecular flexibility index (Phi) is 7.04. The molecule has 1 rings (SSSR count). The molecule has 0 aromatic carbocycles. The highest BCUT2D eigenvalue weighted by molar-refractivity contribution is 6.45. The second-order valence-electron chi connectivity index (χ2n) is 8.35. The third kappa shape index (κ3) is 7.71. The fourth-order valence-electron chi connectivity index (χ4n) is 2.33. The van der Waals surface area contributed by atoms with Gasteiger partial charge < -0.3 is 19.4 Å². The molecule has 6 nitrogen and oxygen atoms in total. The van der Waals surface area contributed by atoms with Crippen LogP contribution in [0.1, 0.15) is 54.9 Å². The second-order valence-corrected chi connectivity index (χ2v) is 8.35. The Morgan fingerprint density at radius 2 is 1.62 bits per heavy atom. The molecule has 152 valence electrons. The third-order valence-corrected chi connectivity index (χ3v) is 4.23. The quantitative estimate of drug-likeness (QED) is 0.705. The van der Waals surface area contributed by atoms with Gasteiger partial charge in [-0.3, -0.25) is 4.74 Å². The standard InChI is InChI=1S/C16H29BF3NO5/c1-13(2,3)24-12(22)21-11(8-9-23-16(18,19)20)10-17-25-14(4,5)15(6,7)26-17/h11H,8-10H2,1-7H3,(H,21,22)/t11-/m0/s1. The molecular weight excluding hydrogens is 354 g/mol. The molecular formula is C16H29BF3NO5. The first-order valence-corrected chi connectivity index (χ1v) is 8.57. The van der Waals surface area contributed by atoms with Crippen molar-refractivity contribution in [1.29, 1.82) is 0 Å². The van der Waals surface area contributed by atoms with Crippen LogP contribution in [-0.4, -0.2) is 49.0 Å². The largest absolute Gasteiger partial charge is 0.522 e. The molecule has 0 radical (unpaired) electrons. The topological polar surface area (TPSA) is 66.0 Å². The average Bonchev–Trinajstić information content (AvgIpc) is 2.52. The van der Waals surface area contributed by atoms with E-state index < -0.39 is 49.0 Å². The van der Waals surface area contributed by atoms with Crippen molar-refractivity contribution in [2.75, 3.05) is 6.61 Å². The summed E-state index contributed by atoms with van der Waals surface area (Å²) in [5.74, 6) is 0. The first kappa shape index (κ1) is 23.0. The molecule has 0 saturated carbocycles. The average molecular weight is 383 g/mol. The smallest absolute Gasteiger partial charge is 0.444 e. The molecule has 1 N–H and O–H groups in total. The zero-order valence-corrected chi connectivity index (χ0v) is 16.5. The van der Waals surface area contributed by atoms with Gasteiger partial charge >= 0.3 is 19.6 Å². The normalized spacial score (nSPS) is 20.8. The van der Waals surface area contributed by atoms with Gasteiger partial charge in [-0.15, -0.1) is 13.2 Å². The molecule has 1 aliphatic heterocycles. The molecule has 10 heteroatoms. The van der Waals surface area contributed by atoms with Gasteiger partial charge in [-0.2, -0.15) is 0 Å². The van der Waals surface area contributed by atoms with Crippen LogP contribution in [0.15, 0.2) is 0 Å². The lowest BCUT2D eigenvalue weighted by molar-refractivity contribution is -0.324. The molecule has 0 unspecified atom stereocenters. The Hall–Kier alpha value is -0.995. The first-order valence-electron chi connectivity index (χ1n) is 8.57. The van der Waals surface area contributed by atoms with E-state index in [-0.39, 0.29) is 12.7 Å². The zero-order valence-electron chi connectivity index (χ0n) is 16.5. The predicted molar refractivity (Wildman–Crippen MR) is 90.7 cm³/mol. The van der Waals surface area contributed by atoms with Crippen molar-refractivity contribution >= 4 is 13.2 Å². The molecule has 0 aromatic heterocycles. The highest BCUT2D eigenvalue weighted by Crippen LogP contribution is 2.38. The maximum absolute atomic E-state index is 12.2. The van der Waals surface area contributed by atoms with Crippen molar-refractivity contribution in [3.05, 3.63) is 0 Å². The molecule has 1 amide bonds. The van der Waals surface area contributed by atoms with Crippen LogP contribution >= 0.6 is 0 Å². The van der Waals surface area contributed by atoms with E-state index in [2.05, 4.69) is 10.1 Å². The third-order valence-electron chi connectivity index (χ3n) is 4.23. The fraction of sp³-hybridized carbons (Fsp3) is 0.938. The number of rotatable bonds is 6. The summed E-state index contributed by atoms with van der Waals surface area (Å²) < 4.78 is 57.3. The van der Waals surface area contributed by atoms with Gasteiger partial charge in [-0.05, 0) is 54.9 Å². The number of alkyl carbamates (subject to hydrolysis) is 1. The van der Waals surface area contributed by atoms with Crippen LogP contribution in [0.25, 0.3) is 0 Å². The summed E-state index contributed by atoms with van der Waals surface area (Å²) in [4.78, 5) is 12.0. The number of amides is 1. The van der Waals surface area contributed by atoms with Crippen molar-refractivity contribution in [1.82, 2.24) is 5.32 Å². The minimum atomic E-state index is -4.72. The van der Waals surface area contributed by atoms with Crippen LogP contribution in [-0.2, 0) is 18.8 Å². The van der Waals surface area contributed by atoms with Gasteiger partial charge in [0.1, 0.15) is 5.60 Å². The minimum Gasteiger partial charge on any atom is -0.444 e. The summed E-state index contributed by atoms with van der Waals surface area (Å²) >= 11 is 0. The van der Waals surface area contributed by atoms with E-state index in [9.17, 15) is 18.0 Å². The van der Waals surface area contributed by atoms with E-state index in [1.165, 1.54) is 0 Å². The van der Waals surface area contributed by atoms with Crippen LogP contribution in [0.5, 0.6) is 0 Å². The summed E-state index contributed by atoms with van der Waals surface area (Å²) in [5.41, 5.74) is -1.87. The minimum absolute atomic E-state index is 0.0666. The van der Waals surface area contributed by atoms with Crippen LogP contribution in [0.2, 0.25) is 6.32 Å². The molecule has 0 aliphatic carbocycles. The number of hydrogen-bond acceptors (Lipinski definition) is 5. The lowest BCUT2D eigenvalue weighted by Crippen LogP contribution is -2.42. The SMILES string of the molecule is CC(C)(C)OC(=O)N[C@@H](CCOC(F)(F)F)CB1OC(C)(C)C(C)(C)O1. The highest BCUT2D eigenvalue weighted by Gasteiger charge is 2.51. The summed E-state index contributed by atoms with van der Waals surface area (Å²) in [6.07, 6.45) is -5.33. The molecule has 0 aromatic rings. The molecule has 0 bridgehead atoms. The summed E-state index contributed by atoms with van der Waals surface area (Å²) in [7, 11) is -0.661. The summed E-state index contributed by atoms with van der Waals surface area (Å²) in [5, 5.41) is 2.57. The van der Waals surface area contributed by atoms with Gasteiger partial charge in [-0.25, -0.2) is 4.79 Å². The Bertz CT molecular complexity index is 475. The number of carbonyl (C=O) groups is 1. The fourth-order valence-corrected chi connectivity index (χ4v) is 2.33. The molecule has 0 spiro atoms. The van der Waals surface area contributed by atoms with Gasteiger partial charge in [-0.1, -0.05) is 0 Å². The van der Waals surface area contributed by atoms with Gasteiger partial charge in [0.05, 0.1) is 17.8 Å². The van der Waals surface area contributed by atoms with Crippen molar-refractivity contribution in [2.45, 2.75) is 90.4 Å². The lowest BCUT2D eigenvalue weighted by Gasteiger charge is -2.32. The van der Waals surface area contributed by atoms with Gasteiger partial charge in [0.2, 0.25) is 0 Å². The Balaban J connectivity index is 2.70. The van der Waals surface area contributed by atoms with Crippen LogP contribution in [0, 0.1) is 0 Å². The predicted octanol–water partition coefficient (Wildman–Crippen LogP) is 3.90. The molecule has 1 atom stereocenters. The number of carbonyl (C=O) groups excluding carboxylic acids is 1. The Morgan fingerprint density at radius 3 is 2.04 bits per heavy atom. The number of hydrogen-bond donors (Lipinski definition) is 1. The molecule has 1 aliphatic rings. The Morgan fingerprint density at radius 1 is 1.12 bits per heavy atom. The van der Waals surface area contributed by atoms with Crippen LogP contribution in [0.3, 0.4) is 0 Å². The van der Waals surface area contributed by atoms with E-state index in [0.29, 0.717) is 0 Å². The highest BCUT2D eigenvalue weighted by atomic mass is 19.4. The maximum Gasteiger partial charge on any atom is 0.522 e. The second kappa shape index (κ2) is 7.94. The van der Waals surface area contributed by atoms with Gasteiger partial charge in [0, 0.05) is 12.4 Å². The lowest BCUT2D eigenvalue weighted by atomic mass is 9.79. The summed E-state index contributed by atoms with van der Waals surface area (Å²) in [6.45, 7) is 12.0. The molecule has 1 heterocycles. The molecule has 1 saturated heterocycles. The van der Waals surface area contributed by atoms with E-state index in [1.54, 1.807) is 20.8 Å². The van der Waals surface area contributed by atoms with Crippen molar-refractivity contribution in [2.24, 2.45) is 0 Å². The van der Waals surface area contributed by atoms with Gasteiger partial charge in [0.25, 0.3) is 0 Å². The summed E-state index contributed by atoms with van der Waals surface area (Å²) in [6, 6.07) is -0.665. The van der Waals surface area contributed by atoms with E-state index in [0.717, 1.165) is 0 Å². The number of alkyl halides is 3. The monoisotopic (exact) mass is 383 g/mol. The zero-order chi connectivity index (χ0) is 20.4. The van der Waals surface area contributed by atoms with E-state index in [1.807, 2.05) is 27.7 Å². The van der Waals surface area contributed by atoms with Crippen LogP contribution in [0.4, 0.5) is 18.0 Å².